The van der Waals surface area contributed by atoms with E-state index in [1.54, 1.807) is 6.20 Å². The van der Waals surface area contributed by atoms with Crippen LogP contribution in [0.25, 0.3) is 11.2 Å². The number of pyridine rings is 1. The number of halogens is 3. The molecule has 0 saturated carbocycles. The highest BCUT2D eigenvalue weighted by Gasteiger charge is 2.33. The Morgan fingerprint density at radius 2 is 1.90 bits per heavy atom. The van der Waals surface area contributed by atoms with Crippen molar-refractivity contribution in [2.75, 3.05) is 13.1 Å². The summed E-state index contributed by atoms with van der Waals surface area (Å²) in [5.74, 6) is 0.868. The fourth-order valence-corrected chi connectivity index (χ4v) is 5.46. The van der Waals surface area contributed by atoms with Gasteiger partial charge in [0.1, 0.15) is 11.3 Å². The molecule has 3 aromatic rings. The fourth-order valence-electron chi connectivity index (χ4n) is 3.91. The van der Waals surface area contributed by atoms with Crippen LogP contribution in [0.1, 0.15) is 24.2 Å². The minimum absolute atomic E-state index is 0.0566. The van der Waals surface area contributed by atoms with E-state index in [1.807, 2.05) is 23.6 Å². The number of rotatable bonds is 4. The smallest absolute Gasteiger partial charge is 0.313 e. The van der Waals surface area contributed by atoms with Crippen molar-refractivity contribution in [2.45, 2.75) is 37.4 Å². The number of aryl methyl sites for hydroxylation is 1. The summed E-state index contributed by atoms with van der Waals surface area (Å²) in [6, 6.07) is 7.37. The van der Waals surface area contributed by atoms with Gasteiger partial charge in [0.15, 0.2) is 5.65 Å². The number of nitrogens with zero attached hydrogens (tertiary/aromatic N) is 4. The molecule has 160 valence electrons. The second kappa shape index (κ2) is 7.66. The third-order valence-electron chi connectivity index (χ3n) is 5.44. The number of aromatic nitrogens is 3. The molecule has 30 heavy (non-hydrogen) atoms. The fraction of sp³-hybridized carbons (Fsp3) is 0.400. The predicted octanol–water partition coefficient (Wildman–Crippen LogP) is 3.86. The normalized spacial score (nSPS) is 18.7. The summed E-state index contributed by atoms with van der Waals surface area (Å²) >= 11 is 0. The van der Waals surface area contributed by atoms with Gasteiger partial charge in [-0.1, -0.05) is 0 Å². The Hall–Kier alpha value is -2.46. The molecule has 0 amide bonds. The molecule has 3 heterocycles. The van der Waals surface area contributed by atoms with E-state index in [2.05, 4.69) is 9.97 Å². The molecule has 1 aromatic carbocycles. The lowest BCUT2D eigenvalue weighted by Gasteiger charge is -2.32. The van der Waals surface area contributed by atoms with E-state index in [0.29, 0.717) is 26.1 Å². The average Bonchev–Trinajstić information content (AvgIpc) is 3.03. The minimum atomic E-state index is -4.50. The molecule has 6 nitrogen and oxygen atoms in total. The minimum Gasteiger partial charge on any atom is -0.313 e. The lowest BCUT2D eigenvalue weighted by Crippen LogP contribution is -2.41. The second-order valence-electron chi connectivity index (χ2n) is 7.51. The van der Waals surface area contributed by atoms with Crippen molar-refractivity contribution in [1.82, 2.24) is 18.8 Å². The summed E-state index contributed by atoms with van der Waals surface area (Å²) in [6.45, 7) is 3.12. The highest BCUT2D eigenvalue weighted by atomic mass is 32.2. The lowest BCUT2D eigenvalue weighted by molar-refractivity contribution is -0.137. The Bertz CT molecular complexity index is 1160. The van der Waals surface area contributed by atoms with Crippen LogP contribution in [0.2, 0.25) is 0 Å². The predicted molar refractivity (Wildman–Crippen MR) is 105 cm³/mol. The maximum absolute atomic E-state index is 13.0. The first-order chi connectivity index (χ1) is 14.2. The molecular formula is C20H21F3N4O2S. The molecule has 0 spiro atoms. The molecule has 1 unspecified atom stereocenters. The van der Waals surface area contributed by atoms with Gasteiger partial charge in [-0.25, -0.2) is 18.4 Å². The standard InChI is InChI=1S/C20H21F3N4O2S/c1-14-25-18-5-2-10-24-19(18)27(14)13-15-4-3-11-26(12-15)30(28,29)17-8-6-16(7-9-17)20(21,22)23/h2,5-10,15H,3-4,11-13H2,1H3. The Morgan fingerprint density at radius 3 is 2.60 bits per heavy atom. The van der Waals surface area contributed by atoms with E-state index in [0.717, 1.165) is 47.7 Å². The van der Waals surface area contributed by atoms with E-state index >= 15 is 0 Å². The molecule has 1 fully saturated rings. The highest BCUT2D eigenvalue weighted by Crippen LogP contribution is 2.31. The van der Waals surface area contributed by atoms with Crippen molar-refractivity contribution in [3.63, 3.8) is 0 Å². The molecule has 4 rings (SSSR count). The Labute approximate surface area is 172 Å². The van der Waals surface area contributed by atoms with E-state index in [4.69, 9.17) is 0 Å². The van der Waals surface area contributed by atoms with Crippen LogP contribution in [0.5, 0.6) is 0 Å². The van der Waals surface area contributed by atoms with E-state index in [9.17, 15) is 21.6 Å². The number of hydrogen-bond acceptors (Lipinski definition) is 4. The summed E-state index contributed by atoms with van der Waals surface area (Å²) in [6.07, 6.45) is -1.27. The van der Waals surface area contributed by atoms with Gasteiger partial charge in [0, 0.05) is 25.8 Å². The zero-order valence-corrected chi connectivity index (χ0v) is 17.1. The van der Waals surface area contributed by atoms with Gasteiger partial charge >= 0.3 is 6.18 Å². The number of imidazole rings is 1. The Morgan fingerprint density at radius 1 is 1.17 bits per heavy atom. The van der Waals surface area contributed by atoms with Gasteiger partial charge in [-0.3, -0.25) is 0 Å². The van der Waals surface area contributed by atoms with Crippen molar-refractivity contribution >= 4 is 21.2 Å². The molecule has 10 heteroatoms. The highest BCUT2D eigenvalue weighted by molar-refractivity contribution is 7.89. The summed E-state index contributed by atoms with van der Waals surface area (Å²) in [5, 5.41) is 0. The first-order valence-electron chi connectivity index (χ1n) is 9.61. The van der Waals surface area contributed by atoms with E-state index < -0.39 is 21.8 Å². The topological polar surface area (TPSA) is 68.1 Å². The number of hydrogen-bond donors (Lipinski definition) is 0. The number of fused-ring (bicyclic) bond motifs is 1. The molecule has 1 aliphatic rings. The summed E-state index contributed by atoms with van der Waals surface area (Å²) < 4.78 is 67.7. The SMILES string of the molecule is Cc1nc2cccnc2n1CC1CCCN(S(=O)(=O)c2ccc(C(F)(F)F)cc2)C1. The molecule has 2 aromatic heterocycles. The molecule has 0 radical (unpaired) electrons. The first-order valence-corrected chi connectivity index (χ1v) is 11.1. The third-order valence-corrected chi connectivity index (χ3v) is 7.32. The maximum Gasteiger partial charge on any atom is 0.416 e. The van der Waals surface area contributed by atoms with Crippen LogP contribution in [-0.4, -0.2) is 40.3 Å². The molecule has 1 saturated heterocycles. The summed E-state index contributed by atoms with van der Waals surface area (Å²) in [4.78, 5) is 8.76. The van der Waals surface area contributed by atoms with Crippen LogP contribution in [0.4, 0.5) is 13.2 Å². The number of piperidine rings is 1. The number of alkyl halides is 3. The third kappa shape index (κ3) is 3.93. The monoisotopic (exact) mass is 438 g/mol. The van der Waals surface area contributed by atoms with Crippen LogP contribution < -0.4 is 0 Å². The number of sulfonamides is 1. The Kier molecular flexibility index (Phi) is 5.31. The zero-order valence-electron chi connectivity index (χ0n) is 16.3. The van der Waals surface area contributed by atoms with Crippen molar-refractivity contribution in [1.29, 1.82) is 0 Å². The van der Waals surface area contributed by atoms with Gasteiger partial charge in [0.2, 0.25) is 10.0 Å². The van der Waals surface area contributed by atoms with Gasteiger partial charge in [-0.05, 0) is 62.1 Å². The maximum atomic E-state index is 13.0. The molecule has 0 N–H and O–H groups in total. The molecular weight excluding hydrogens is 417 g/mol. The second-order valence-corrected chi connectivity index (χ2v) is 9.45. The van der Waals surface area contributed by atoms with E-state index in [1.165, 1.54) is 4.31 Å². The van der Waals surface area contributed by atoms with Crippen LogP contribution in [0.3, 0.4) is 0 Å². The van der Waals surface area contributed by atoms with Gasteiger partial charge in [0.05, 0.1) is 10.5 Å². The van der Waals surface area contributed by atoms with Crippen molar-refractivity contribution in [2.24, 2.45) is 5.92 Å². The van der Waals surface area contributed by atoms with Crippen LogP contribution >= 0.6 is 0 Å². The van der Waals surface area contributed by atoms with E-state index in [-0.39, 0.29) is 10.8 Å². The lowest BCUT2D eigenvalue weighted by atomic mass is 9.99. The van der Waals surface area contributed by atoms with Gasteiger partial charge in [0.25, 0.3) is 0 Å². The van der Waals surface area contributed by atoms with Crippen LogP contribution in [0, 0.1) is 12.8 Å². The first kappa shape index (κ1) is 20.8. The zero-order chi connectivity index (χ0) is 21.5. The number of benzene rings is 1. The van der Waals surface area contributed by atoms with Gasteiger partial charge < -0.3 is 4.57 Å². The average molecular weight is 438 g/mol. The van der Waals surface area contributed by atoms with Crippen molar-refractivity contribution in [3.05, 3.63) is 54.0 Å². The van der Waals surface area contributed by atoms with Gasteiger partial charge in [-0.15, -0.1) is 0 Å². The Balaban J connectivity index is 1.54. The van der Waals surface area contributed by atoms with Crippen molar-refractivity contribution in [3.8, 4) is 0 Å². The molecule has 1 aliphatic heterocycles. The summed E-state index contributed by atoms with van der Waals surface area (Å²) in [5.41, 5.74) is 0.686. The van der Waals surface area contributed by atoms with Crippen LogP contribution in [0.15, 0.2) is 47.5 Å². The van der Waals surface area contributed by atoms with Gasteiger partial charge in [-0.2, -0.15) is 17.5 Å². The van der Waals surface area contributed by atoms with Crippen LogP contribution in [-0.2, 0) is 22.7 Å². The quantitative estimate of drug-likeness (QED) is 0.620. The largest absolute Gasteiger partial charge is 0.416 e. The summed E-state index contributed by atoms with van der Waals surface area (Å²) in [7, 11) is -3.86. The molecule has 1 atom stereocenters. The molecule has 0 bridgehead atoms. The van der Waals surface area contributed by atoms with Crippen molar-refractivity contribution < 1.29 is 21.6 Å². The molecule has 0 aliphatic carbocycles.